The van der Waals surface area contributed by atoms with Crippen LogP contribution in [0.2, 0.25) is 0 Å². The molecule has 1 amide bonds. The van der Waals surface area contributed by atoms with Gasteiger partial charge in [-0.25, -0.2) is 0 Å². The minimum absolute atomic E-state index is 0.0691. The second-order valence-corrected chi connectivity index (χ2v) is 7.41. The molecule has 0 unspecified atom stereocenters. The maximum Gasteiger partial charge on any atom is 0.498 e. The van der Waals surface area contributed by atoms with Crippen LogP contribution in [0.25, 0.3) is 0 Å². The van der Waals surface area contributed by atoms with Crippen LogP contribution in [0.15, 0.2) is 12.4 Å². The van der Waals surface area contributed by atoms with E-state index in [4.69, 9.17) is 14.0 Å². The van der Waals surface area contributed by atoms with E-state index in [1.807, 2.05) is 43.5 Å². The zero-order valence-electron chi connectivity index (χ0n) is 14.9. The molecule has 1 aromatic heterocycles. The molecule has 0 aromatic carbocycles. The number of hydrogen-bond donors (Lipinski definition) is 0. The van der Waals surface area contributed by atoms with E-state index < -0.39 is 0 Å². The van der Waals surface area contributed by atoms with E-state index in [1.165, 1.54) is 0 Å². The molecule has 0 atom stereocenters. The summed E-state index contributed by atoms with van der Waals surface area (Å²) in [6.45, 7) is 11.1. The lowest BCUT2D eigenvalue weighted by Gasteiger charge is -2.32. The second kappa shape index (κ2) is 6.50. The van der Waals surface area contributed by atoms with Crippen molar-refractivity contribution in [3.8, 4) is 0 Å². The largest absolute Gasteiger partial charge is 0.498 e. The molecule has 0 radical (unpaired) electrons. The third-order valence-corrected chi connectivity index (χ3v) is 5.08. The van der Waals surface area contributed by atoms with Crippen molar-refractivity contribution in [2.45, 2.75) is 51.9 Å². The highest BCUT2D eigenvalue weighted by Gasteiger charge is 2.52. The van der Waals surface area contributed by atoms with Gasteiger partial charge in [0.1, 0.15) is 6.61 Å². The highest BCUT2D eigenvalue weighted by atomic mass is 16.7. The molecule has 8 heteroatoms. The Hall–Kier alpha value is -1.38. The third kappa shape index (κ3) is 3.50. The number of aryl methyl sites for hydroxylation is 1. The molecule has 0 saturated carbocycles. The fraction of sp³-hybridized carbons (Fsp3) is 0.750. The van der Waals surface area contributed by atoms with E-state index in [9.17, 15) is 4.79 Å². The van der Waals surface area contributed by atoms with Gasteiger partial charge in [-0.2, -0.15) is 5.10 Å². The van der Waals surface area contributed by atoms with Crippen molar-refractivity contribution in [2.75, 3.05) is 26.3 Å². The van der Waals surface area contributed by atoms with E-state index >= 15 is 0 Å². The van der Waals surface area contributed by atoms with E-state index in [1.54, 1.807) is 6.20 Å². The minimum Gasteiger partial charge on any atom is -0.399 e. The predicted molar refractivity (Wildman–Crippen MR) is 90.0 cm³/mol. The van der Waals surface area contributed by atoms with Crippen LogP contribution in [-0.4, -0.2) is 65.2 Å². The molecule has 2 saturated heterocycles. The van der Waals surface area contributed by atoms with Crippen molar-refractivity contribution in [2.24, 2.45) is 0 Å². The first-order chi connectivity index (χ1) is 11.3. The standard InChI is InChI=1S/C16H26BN3O4/c1-15(2)16(3,4)24-17(23-15)13-10-18-20(11-13)7-5-6-19-8-9-22-12-14(19)21/h10-11H,5-9,12H2,1-4H3. The van der Waals surface area contributed by atoms with Gasteiger partial charge in [0, 0.05) is 37.5 Å². The molecule has 132 valence electrons. The first-order valence-electron chi connectivity index (χ1n) is 8.52. The summed E-state index contributed by atoms with van der Waals surface area (Å²) in [5.41, 5.74) is 0.225. The Kier molecular flexibility index (Phi) is 4.72. The lowest BCUT2D eigenvalue weighted by atomic mass is 9.82. The van der Waals surface area contributed by atoms with Crippen LogP contribution in [0.3, 0.4) is 0 Å². The number of carbonyl (C=O) groups excluding carboxylic acids is 1. The molecule has 2 fully saturated rings. The molecule has 0 aliphatic carbocycles. The van der Waals surface area contributed by atoms with Gasteiger partial charge < -0.3 is 18.9 Å². The fourth-order valence-corrected chi connectivity index (χ4v) is 2.81. The van der Waals surface area contributed by atoms with Gasteiger partial charge >= 0.3 is 7.12 Å². The summed E-state index contributed by atoms with van der Waals surface area (Å²) >= 11 is 0. The number of nitrogens with zero attached hydrogens (tertiary/aromatic N) is 3. The van der Waals surface area contributed by atoms with Crippen molar-refractivity contribution < 1.29 is 18.8 Å². The second-order valence-electron chi connectivity index (χ2n) is 7.41. The van der Waals surface area contributed by atoms with Gasteiger partial charge in [0.2, 0.25) is 5.91 Å². The fourth-order valence-electron chi connectivity index (χ4n) is 2.81. The quantitative estimate of drug-likeness (QED) is 0.730. The lowest BCUT2D eigenvalue weighted by molar-refractivity contribution is -0.142. The number of carbonyl (C=O) groups is 1. The van der Waals surface area contributed by atoms with Gasteiger partial charge in [0.25, 0.3) is 0 Å². The Balaban J connectivity index is 1.52. The number of amides is 1. The molecule has 1 aromatic rings. The molecule has 7 nitrogen and oxygen atoms in total. The summed E-state index contributed by atoms with van der Waals surface area (Å²) in [4.78, 5) is 13.5. The Bertz CT molecular complexity index is 586. The number of aromatic nitrogens is 2. The molecule has 24 heavy (non-hydrogen) atoms. The van der Waals surface area contributed by atoms with Crippen molar-refractivity contribution in [1.29, 1.82) is 0 Å². The molecule has 0 bridgehead atoms. The normalized spacial score (nSPS) is 23.1. The summed E-state index contributed by atoms with van der Waals surface area (Å²) < 4.78 is 19.1. The monoisotopic (exact) mass is 335 g/mol. The van der Waals surface area contributed by atoms with Crippen LogP contribution < -0.4 is 5.46 Å². The van der Waals surface area contributed by atoms with Crippen LogP contribution in [0.1, 0.15) is 34.1 Å². The molecule has 0 N–H and O–H groups in total. The number of ether oxygens (including phenoxy) is 1. The minimum atomic E-state index is -0.385. The summed E-state index contributed by atoms with van der Waals surface area (Å²) in [6.07, 6.45) is 4.61. The van der Waals surface area contributed by atoms with Gasteiger partial charge in [-0.1, -0.05) is 0 Å². The first-order valence-corrected chi connectivity index (χ1v) is 8.52. The van der Waals surface area contributed by atoms with Crippen LogP contribution in [0.4, 0.5) is 0 Å². The molecule has 2 aliphatic heterocycles. The van der Waals surface area contributed by atoms with Gasteiger partial charge in [0.05, 0.1) is 17.8 Å². The van der Waals surface area contributed by atoms with Gasteiger partial charge in [0.15, 0.2) is 0 Å². The molecule has 3 heterocycles. The zero-order valence-corrected chi connectivity index (χ0v) is 14.9. The maximum absolute atomic E-state index is 11.7. The predicted octanol–water partition coefficient (Wildman–Crippen LogP) is 0.431. The van der Waals surface area contributed by atoms with Crippen LogP contribution in [0.5, 0.6) is 0 Å². The number of hydrogen-bond acceptors (Lipinski definition) is 5. The lowest BCUT2D eigenvalue weighted by Crippen LogP contribution is -2.42. The SMILES string of the molecule is CC1(C)OB(c2cnn(CCCN3CCOCC3=O)c2)OC1(C)C. The number of morpholine rings is 1. The Morgan fingerprint density at radius 2 is 1.92 bits per heavy atom. The molecular weight excluding hydrogens is 309 g/mol. The Morgan fingerprint density at radius 3 is 2.58 bits per heavy atom. The Morgan fingerprint density at radius 1 is 1.21 bits per heavy atom. The van der Waals surface area contributed by atoms with Crippen molar-refractivity contribution >= 4 is 18.5 Å². The smallest absolute Gasteiger partial charge is 0.399 e. The Labute approximate surface area is 143 Å². The molecular formula is C16H26BN3O4. The number of rotatable bonds is 5. The van der Waals surface area contributed by atoms with Crippen LogP contribution in [-0.2, 0) is 25.4 Å². The van der Waals surface area contributed by atoms with Gasteiger partial charge in [-0.15, -0.1) is 0 Å². The van der Waals surface area contributed by atoms with Crippen molar-refractivity contribution in [3.63, 3.8) is 0 Å². The van der Waals surface area contributed by atoms with E-state index in [0.29, 0.717) is 13.2 Å². The first kappa shape index (κ1) is 17.4. The molecule has 2 aliphatic rings. The molecule has 0 spiro atoms. The van der Waals surface area contributed by atoms with Gasteiger partial charge in [-0.3, -0.25) is 9.48 Å². The van der Waals surface area contributed by atoms with E-state index in [0.717, 1.165) is 25.0 Å². The molecule has 3 rings (SSSR count). The third-order valence-electron chi connectivity index (χ3n) is 5.08. The highest BCUT2D eigenvalue weighted by molar-refractivity contribution is 6.61. The summed E-state index contributed by atoms with van der Waals surface area (Å²) in [6, 6.07) is 0. The van der Waals surface area contributed by atoms with Crippen molar-refractivity contribution in [1.82, 2.24) is 14.7 Å². The van der Waals surface area contributed by atoms with Crippen molar-refractivity contribution in [3.05, 3.63) is 12.4 Å². The van der Waals surface area contributed by atoms with Crippen LogP contribution >= 0.6 is 0 Å². The summed E-state index contributed by atoms with van der Waals surface area (Å²) in [5, 5.41) is 4.39. The van der Waals surface area contributed by atoms with E-state index in [2.05, 4.69) is 5.10 Å². The average Bonchev–Trinajstić information content (AvgIpc) is 3.04. The zero-order chi connectivity index (χ0) is 17.4. The van der Waals surface area contributed by atoms with Gasteiger partial charge in [-0.05, 0) is 34.1 Å². The highest BCUT2D eigenvalue weighted by Crippen LogP contribution is 2.36. The van der Waals surface area contributed by atoms with Crippen LogP contribution in [0, 0.1) is 0 Å². The summed E-state index contributed by atoms with van der Waals surface area (Å²) in [7, 11) is -0.385. The topological polar surface area (TPSA) is 65.8 Å². The summed E-state index contributed by atoms with van der Waals surface area (Å²) in [5.74, 6) is 0.0691. The van der Waals surface area contributed by atoms with E-state index in [-0.39, 0.29) is 30.8 Å². The maximum atomic E-state index is 11.7. The average molecular weight is 335 g/mol.